The molecule has 1 aromatic rings. The maximum absolute atomic E-state index is 4.75. The lowest BCUT2D eigenvalue weighted by atomic mass is 9.88. The van der Waals surface area contributed by atoms with Crippen LogP contribution in [0.4, 0.5) is 0 Å². The van der Waals surface area contributed by atoms with E-state index < -0.39 is 0 Å². The molecule has 0 aliphatic heterocycles. The van der Waals surface area contributed by atoms with Gasteiger partial charge in [0.2, 0.25) is 0 Å². The van der Waals surface area contributed by atoms with Crippen molar-refractivity contribution in [3.63, 3.8) is 0 Å². The lowest BCUT2D eigenvalue weighted by Crippen LogP contribution is -2.32. The van der Waals surface area contributed by atoms with Crippen LogP contribution in [0.15, 0.2) is 6.07 Å². The van der Waals surface area contributed by atoms with Gasteiger partial charge in [0.15, 0.2) is 0 Å². The lowest BCUT2D eigenvalue weighted by Gasteiger charge is -2.32. The Morgan fingerprint density at radius 3 is 2.16 bits per heavy atom. The highest BCUT2D eigenvalue weighted by Gasteiger charge is 2.27. The molecule has 0 fully saturated rings. The third-order valence-corrected chi connectivity index (χ3v) is 4.16. The van der Waals surface area contributed by atoms with E-state index in [0.29, 0.717) is 0 Å². The molecular formula is C17H32N2. The van der Waals surface area contributed by atoms with Gasteiger partial charge in [-0.2, -0.15) is 5.10 Å². The Bertz CT molecular complexity index is 367. The van der Waals surface area contributed by atoms with E-state index in [1.54, 1.807) is 0 Å². The fraction of sp³-hybridized carbons (Fsp3) is 0.824. The Kier molecular flexibility index (Phi) is 6.60. The van der Waals surface area contributed by atoms with Gasteiger partial charge in [0, 0.05) is 5.69 Å². The molecule has 0 aliphatic carbocycles. The number of aryl methyl sites for hydroxylation is 2. The van der Waals surface area contributed by atoms with Crippen LogP contribution in [-0.2, 0) is 5.54 Å². The standard InChI is InChI=1S/C17H32N2/c1-6-8-10-11-13-17(5,12-9-7-2)19-16(4)14-15(3)18-19/h14H,6-13H2,1-5H3. The number of nitrogens with zero attached hydrogens (tertiary/aromatic N) is 2. The Balaban J connectivity index is 2.76. The summed E-state index contributed by atoms with van der Waals surface area (Å²) in [5.74, 6) is 0. The van der Waals surface area contributed by atoms with E-state index in [1.807, 2.05) is 0 Å². The van der Waals surface area contributed by atoms with Crippen molar-refractivity contribution in [2.45, 2.75) is 91.5 Å². The average Bonchev–Trinajstić information content (AvgIpc) is 2.72. The Labute approximate surface area is 119 Å². The molecule has 1 unspecified atom stereocenters. The predicted molar refractivity (Wildman–Crippen MR) is 83.6 cm³/mol. The van der Waals surface area contributed by atoms with Crippen molar-refractivity contribution >= 4 is 0 Å². The van der Waals surface area contributed by atoms with E-state index in [1.165, 1.54) is 57.1 Å². The fourth-order valence-corrected chi connectivity index (χ4v) is 3.00. The van der Waals surface area contributed by atoms with Crippen LogP contribution >= 0.6 is 0 Å². The molecule has 0 saturated carbocycles. The first-order valence-electron chi connectivity index (χ1n) is 8.07. The van der Waals surface area contributed by atoms with Crippen LogP contribution < -0.4 is 0 Å². The van der Waals surface area contributed by atoms with E-state index in [9.17, 15) is 0 Å². The first-order valence-corrected chi connectivity index (χ1v) is 8.07. The van der Waals surface area contributed by atoms with Gasteiger partial charge < -0.3 is 0 Å². The molecule has 1 aromatic heterocycles. The van der Waals surface area contributed by atoms with Crippen LogP contribution in [0.2, 0.25) is 0 Å². The zero-order valence-corrected chi connectivity index (χ0v) is 13.6. The van der Waals surface area contributed by atoms with Gasteiger partial charge in [0.05, 0.1) is 11.2 Å². The highest BCUT2D eigenvalue weighted by atomic mass is 15.3. The number of rotatable bonds is 9. The lowest BCUT2D eigenvalue weighted by molar-refractivity contribution is 0.224. The van der Waals surface area contributed by atoms with Crippen molar-refractivity contribution in [1.29, 1.82) is 0 Å². The molecule has 0 radical (unpaired) electrons. The monoisotopic (exact) mass is 264 g/mol. The van der Waals surface area contributed by atoms with Crippen LogP contribution in [0, 0.1) is 13.8 Å². The molecule has 0 spiro atoms. The number of unbranched alkanes of at least 4 members (excludes halogenated alkanes) is 4. The summed E-state index contributed by atoms with van der Waals surface area (Å²) in [5.41, 5.74) is 2.67. The minimum atomic E-state index is 0.210. The molecule has 1 atom stereocenters. The first-order chi connectivity index (χ1) is 9.03. The smallest absolute Gasteiger partial charge is 0.0602 e. The van der Waals surface area contributed by atoms with Crippen LogP contribution in [0.5, 0.6) is 0 Å². The SMILES string of the molecule is CCCCCCC(C)(CCCC)n1nc(C)cc1C. The van der Waals surface area contributed by atoms with Crippen molar-refractivity contribution in [2.75, 3.05) is 0 Å². The molecule has 1 rings (SSSR count). The largest absolute Gasteiger partial charge is 0.264 e. The maximum Gasteiger partial charge on any atom is 0.0602 e. The van der Waals surface area contributed by atoms with Crippen LogP contribution in [0.1, 0.15) is 83.5 Å². The van der Waals surface area contributed by atoms with Crippen molar-refractivity contribution in [3.05, 3.63) is 17.5 Å². The molecule has 19 heavy (non-hydrogen) atoms. The number of hydrogen-bond donors (Lipinski definition) is 0. The Hall–Kier alpha value is -0.790. The molecule has 0 aromatic carbocycles. The van der Waals surface area contributed by atoms with Crippen molar-refractivity contribution in [3.8, 4) is 0 Å². The van der Waals surface area contributed by atoms with Crippen LogP contribution in [0.25, 0.3) is 0 Å². The second kappa shape index (κ2) is 7.72. The Morgan fingerprint density at radius 1 is 1.00 bits per heavy atom. The zero-order chi connectivity index (χ0) is 14.3. The van der Waals surface area contributed by atoms with Gasteiger partial charge in [-0.25, -0.2) is 0 Å². The molecule has 0 amide bonds. The molecule has 0 bridgehead atoms. The molecule has 0 saturated heterocycles. The van der Waals surface area contributed by atoms with Crippen LogP contribution in [-0.4, -0.2) is 9.78 Å². The normalized spacial score (nSPS) is 14.6. The minimum absolute atomic E-state index is 0.210. The quantitative estimate of drug-likeness (QED) is 0.548. The third-order valence-electron chi connectivity index (χ3n) is 4.16. The van der Waals surface area contributed by atoms with Gasteiger partial charge in [-0.05, 0) is 39.7 Å². The van der Waals surface area contributed by atoms with Gasteiger partial charge >= 0.3 is 0 Å². The molecular weight excluding hydrogens is 232 g/mol. The van der Waals surface area contributed by atoms with E-state index in [-0.39, 0.29) is 5.54 Å². The van der Waals surface area contributed by atoms with Crippen molar-refractivity contribution in [2.24, 2.45) is 0 Å². The van der Waals surface area contributed by atoms with E-state index in [0.717, 1.165) is 5.69 Å². The summed E-state index contributed by atoms with van der Waals surface area (Å²) in [4.78, 5) is 0. The Morgan fingerprint density at radius 2 is 1.63 bits per heavy atom. The van der Waals surface area contributed by atoms with E-state index in [4.69, 9.17) is 5.10 Å². The summed E-state index contributed by atoms with van der Waals surface area (Å²) in [5, 5.41) is 4.75. The summed E-state index contributed by atoms with van der Waals surface area (Å²) < 4.78 is 2.30. The van der Waals surface area contributed by atoms with Gasteiger partial charge in [0.25, 0.3) is 0 Å². The molecule has 0 N–H and O–H groups in total. The second-order valence-corrected chi connectivity index (χ2v) is 6.25. The van der Waals surface area contributed by atoms with E-state index >= 15 is 0 Å². The molecule has 2 nitrogen and oxygen atoms in total. The molecule has 2 heteroatoms. The van der Waals surface area contributed by atoms with Gasteiger partial charge in [0.1, 0.15) is 0 Å². The fourth-order valence-electron chi connectivity index (χ4n) is 3.00. The maximum atomic E-state index is 4.75. The summed E-state index contributed by atoms with van der Waals surface area (Å²) >= 11 is 0. The summed E-state index contributed by atoms with van der Waals surface area (Å²) in [7, 11) is 0. The highest BCUT2D eigenvalue weighted by molar-refractivity contribution is 5.09. The van der Waals surface area contributed by atoms with Gasteiger partial charge in [-0.15, -0.1) is 0 Å². The molecule has 110 valence electrons. The van der Waals surface area contributed by atoms with E-state index in [2.05, 4.69) is 45.4 Å². The van der Waals surface area contributed by atoms with Gasteiger partial charge in [-0.3, -0.25) is 4.68 Å². The van der Waals surface area contributed by atoms with Gasteiger partial charge in [-0.1, -0.05) is 52.4 Å². The minimum Gasteiger partial charge on any atom is -0.264 e. The third kappa shape index (κ3) is 4.67. The van der Waals surface area contributed by atoms with Crippen LogP contribution in [0.3, 0.4) is 0 Å². The molecule has 0 aliphatic rings. The predicted octanol–water partition coefficient (Wildman–Crippen LogP) is 5.38. The molecule has 1 heterocycles. The zero-order valence-electron chi connectivity index (χ0n) is 13.6. The number of aromatic nitrogens is 2. The highest BCUT2D eigenvalue weighted by Crippen LogP contribution is 2.30. The van der Waals surface area contributed by atoms with Crippen molar-refractivity contribution < 1.29 is 0 Å². The topological polar surface area (TPSA) is 17.8 Å². The summed E-state index contributed by atoms with van der Waals surface area (Å²) in [6.45, 7) is 11.2. The first kappa shape index (κ1) is 16.3. The number of hydrogen-bond acceptors (Lipinski definition) is 1. The van der Waals surface area contributed by atoms with Crippen molar-refractivity contribution in [1.82, 2.24) is 9.78 Å². The second-order valence-electron chi connectivity index (χ2n) is 6.25. The summed E-state index contributed by atoms with van der Waals surface area (Å²) in [6.07, 6.45) is 10.4. The average molecular weight is 264 g/mol. The summed E-state index contributed by atoms with van der Waals surface area (Å²) in [6, 6.07) is 2.20.